The number of unbranched alkanes of at least 4 members (excludes halogenated alkanes) is 2. The van der Waals surface area contributed by atoms with E-state index in [9.17, 15) is 0 Å². The molecular formula is C13H26N2. The summed E-state index contributed by atoms with van der Waals surface area (Å²) in [6.45, 7) is 11.0. The molecule has 2 fully saturated rings. The Hall–Kier alpha value is -0.0800. The maximum Gasteiger partial charge on any atom is 0.0372 e. The second-order valence-electron chi connectivity index (χ2n) is 5.73. The monoisotopic (exact) mass is 210 g/mol. The Balaban J connectivity index is 1.97. The maximum absolute atomic E-state index is 3.71. The number of nitrogens with one attached hydrogen (secondary N) is 1. The number of rotatable bonds is 4. The third kappa shape index (κ3) is 1.72. The second-order valence-corrected chi connectivity index (χ2v) is 5.73. The first-order valence-corrected chi connectivity index (χ1v) is 6.62. The molecule has 0 amide bonds. The largest absolute Gasteiger partial charge is 0.310 e. The van der Waals surface area contributed by atoms with Crippen LogP contribution in [0.4, 0.5) is 0 Å². The van der Waals surface area contributed by atoms with Gasteiger partial charge in [0.15, 0.2) is 0 Å². The SMILES string of the molecule is CCCCCN1CC[C@]2(C)NCC[C@]12C. The van der Waals surface area contributed by atoms with Crippen molar-refractivity contribution in [2.75, 3.05) is 19.6 Å². The van der Waals surface area contributed by atoms with Gasteiger partial charge in [-0.25, -0.2) is 0 Å². The van der Waals surface area contributed by atoms with Crippen molar-refractivity contribution in [2.24, 2.45) is 0 Å². The Kier molecular flexibility index (Phi) is 3.09. The van der Waals surface area contributed by atoms with Gasteiger partial charge in [-0.15, -0.1) is 0 Å². The number of fused-ring (bicyclic) bond motifs is 1. The zero-order chi connectivity index (χ0) is 10.9. The molecule has 1 N–H and O–H groups in total. The molecule has 0 aliphatic carbocycles. The maximum atomic E-state index is 3.71. The summed E-state index contributed by atoms with van der Waals surface area (Å²) in [7, 11) is 0. The molecule has 0 aromatic heterocycles. The zero-order valence-electron chi connectivity index (χ0n) is 10.6. The molecule has 0 spiro atoms. The topological polar surface area (TPSA) is 15.3 Å². The Morgan fingerprint density at radius 3 is 2.73 bits per heavy atom. The van der Waals surface area contributed by atoms with Crippen LogP contribution in [0, 0.1) is 0 Å². The van der Waals surface area contributed by atoms with Gasteiger partial charge in [-0.05, 0) is 46.2 Å². The predicted molar refractivity (Wildman–Crippen MR) is 65.1 cm³/mol. The van der Waals surface area contributed by atoms with E-state index in [4.69, 9.17) is 0 Å². The van der Waals surface area contributed by atoms with Gasteiger partial charge in [0.25, 0.3) is 0 Å². The first-order valence-electron chi connectivity index (χ1n) is 6.62. The van der Waals surface area contributed by atoms with Crippen LogP contribution in [0.15, 0.2) is 0 Å². The van der Waals surface area contributed by atoms with Crippen molar-refractivity contribution in [3.05, 3.63) is 0 Å². The number of hydrogen-bond donors (Lipinski definition) is 1. The summed E-state index contributed by atoms with van der Waals surface area (Å²) >= 11 is 0. The van der Waals surface area contributed by atoms with Crippen LogP contribution in [0.25, 0.3) is 0 Å². The van der Waals surface area contributed by atoms with Gasteiger partial charge in [0, 0.05) is 17.6 Å². The molecule has 2 saturated heterocycles. The lowest BCUT2D eigenvalue weighted by molar-refractivity contribution is 0.121. The Labute approximate surface area is 94.4 Å². The van der Waals surface area contributed by atoms with Crippen molar-refractivity contribution in [3.63, 3.8) is 0 Å². The summed E-state index contributed by atoms with van der Waals surface area (Å²) < 4.78 is 0. The van der Waals surface area contributed by atoms with Gasteiger partial charge >= 0.3 is 0 Å². The summed E-state index contributed by atoms with van der Waals surface area (Å²) in [6.07, 6.45) is 6.75. The van der Waals surface area contributed by atoms with E-state index < -0.39 is 0 Å². The van der Waals surface area contributed by atoms with Crippen LogP contribution in [0.1, 0.15) is 52.9 Å². The molecule has 2 aliphatic heterocycles. The highest BCUT2D eigenvalue weighted by Gasteiger charge is 2.55. The standard InChI is InChI=1S/C13H26N2/c1-4-5-6-10-15-11-8-12(2)13(15,3)7-9-14-12/h14H,4-11H2,1-3H3/t12-,13-/m0/s1. The third-order valence-electron chi connectivity index (χ3n) is 4.93. The molecule has 88 valence electrons. The van der Waals surface area contributed by atoms with E-state index >= 15 is 0 Å². The predicted octanol–water partition coefficient (Wildman–Crippen LogP) is 2.39. The van der Waals surface area contributed by atoms with Gasteiger partial charge in [0.05, 0.1) is 0 Å². The molecule has 0 aromatic rings. The van der Waals surface area contributed by atoms with Crippen molar-refractivity contribution in [3.8, 4) is 0 Å². The van der Waals surface area contributed by atoms with Gasteiger partial charge in [-0.1, -0.05) is 19.8 Å². The van der Waals surface area contributed by atoms with Crippen molar-refractivity contribution in [2.45, 2.75) is 64.0 Å². The smallest absolute Gasteiger partial charge is 0.0372 e. The fourth-order valence-electron chi connectivity index (χ4n) is 3.43. The molecule has 0 aromatic carbocycles. The third-order valence-corrected chi connectivity index (χ3v) is 4.93. The van der Waals surface area contributed by atoms with E-state index in [2.05, 4.69) is 31.0 Å². The Bertz CT molecular complexity index is 229. The molecule has 2 aliphatic rings. The molecule has 15 heavy (non-hydrogen) atoms. The minimum atomic E-state index is 0.388. The number of likely N-dealkylation sites (tertiary alicyclic amines) is 1. The quantitative estimate of drug-likeness (QED) is 0.717. The number of nitrogens with zero attached hydrogens (tertiary/aromatic N) is 1. The van der Waals surface area contributed by atoms with E-state index in [0.29, 0.717) is 11.1 Å². The highest BCUT2D eigenvalue weighted by atomic mass is 15.3. The molecule has 0 saturated carbocycles. The van der Waals surface area contributed by atoms with E-state index in [0.717, 1.165) is 0 Å². The van der Waals surface area contributed by atoms with Gasteiger partial charge in [-0.3, -0.25) is 4.90 Å². The average Bonchev–Trinajstić information content (AvgIpc) is 2.60. The lowest BCUT2D eigenvalue weighted by Gasteiger charge is -2.40. The van der Waals surface area contributed by atoms with Crippen LogP contribution in [-0.2, 0) is 0 Å². The summed E-state index contributed by atoms with van der Waals surface area (Å²) in [5.41, 5.74) is 0.819. The second kappa shape index (κ2) is 4.06. The van der Waals surface area contributed by atoms with E-state index in [1.54, 1.807) is 0 Å². The summed E-state index contributed by atoms with van der Waals surface area (Å²) in [5.74, 6) is 0. The summed E-state index contributed by atoms with van der Waals surface area (Å²) in [6, 6.07) is 0. The summed E-state index contributed by atoms with van der Waals surface area (Å²) in [5, 5.41) is 3.71. The van der Waals surface area contributed by atoms with Gasteiger partial charge in [-0.2, -0.15) is 0 Å². The lowest BCUT2D eigenvalue weighted by Crippen LogP contribution is -2.54. The molecule has 2 nitrogen and oxygen atoms in total. The van der Waals surface area contributed by atoms with E-state index in [-0.39, 0.29) is 0 Å². The normalized spacial score (nSPS) is 41.0. The highest BCUT2D eigenvalue weighted by molar-refractivity contribution is 5.16. The van der Waals surface area contributed by atoms with Crippen molar-refractivity contribution < 1.29 is 0 Å². The van der Waals surface area contributed by atoms with Crippen molar-refractivity contribution in [1.82, 2.24) is 10.2 Å². The Morgan fingerprint density at radius 1 is 1.20 bits per heavy atom. The molecule has 2 atom stereocenters. The molecule has 0 bridgehead atoms. The summed E-state index contributed by atoms with van der Waals surface area (Å²) in [4.78, 5) is 2.74. The van der Waals surface area contributed by atoms with Gasteiger partial charge < -0.3 is 5.32 Å². The first-order chi connectivity index (χ1) is 7.12. The van der Waals surface area contributed by atoms with Gasteiger partial charge in [0.1, 0.15) is 0 Å². The molecular weight excluding hydrogens is 184 g/mol. The molecule has 0 radical (unpaired) electrons. The van der Waals surface area contributed by atoms with Crippen molar-refractivity contribution in [1.29, 1.82) is 0 Å². The van der Waals surface area contributed by atoms with Crippen LogP contribution in [0.3, 0.4) is 0 Å². The molecule has 2 heterocycles. The van der Waals surface area contributed by atoms with Crippen LogP contribution in [0.5, 0.6) is 0 Å². The molecule has 2 heteroatoms. The number of hydrogen-bond acceptors (Lipinski definition) is 2. The van der Waals surface area contributed by atoms with Crippen LogP contribution in [0.2, 0.25) is 0 Å². The first kappa shape index (κ1) is 11.4. The Morgan fingerprint density at radius 2 is 2.00 bits per heavy atom. The van der Waals surface area contributed by atoms with Crippen molar-refractivity contribution >= 4 is 0 Å². The average molecular weight is 210 g/mol. The van der Waals surface area contributed by atoms with Crippen LogP contribution < -0.4 is 5.32 Å². The zero-order valence-corrected chi connectivity index (χ0v) is 10.6. The van der Waals surface area contributed by atoms with Gasteiger partial charge in [0.2, 0.25) is 0 Å². The van der Waals surface area contributed by atoms with E-state index in [1.807, 2.05) is 0 Å². The fraction of sp³-hybridized carbons (Fsp3) is 1.00. The minimum Gasteiger partial charge on any atom is -0.310 e. The highest BCUT2D eigenvalue weighted by Crippen LogP contribution is 2.44. The van der Waals surface area contributed by atoms with E-state index in [1.165, 1.54) is 51.7 Å². The minimum absolute atomic E-state index is 0.388. The molecule has 0 unspecified atom stereocenters. The fourth-order valence-corrected chi connectivity index (χ4v) is 3.43. The molecule has 2 rings (SSSR count). The van der Waals surface area contributed by atoms with Crippen LogP contribution in [-0.4, -0.2) is 35.6 Å². The lowest BCUT2D eigenvalue weighted by atomic mass is 9.82. The van der Waals surface area contributed by atoms with Crippen LogP contribution >= 0.6 is 0 Å².